The second-order valence-electron chi connectivity index (χ2n) is 4.22. The zero-order valence-corrected chi connectivity index (χ0v) is 11.1. The van der Waals surface area contributed by atoms with E-state index in [0.717, 1.165) is 6.07 Å². The number of aromatic carboxylic acids is 1. The molecule has 1 heterocycles. The van der Waals surface area contributed by atoms with Crippen LogP contribution in [0.2, 0.25) is 0 Å². The fourth-order valence-corrected chi connectivity index (χ4v) is 3.05. The minimum atomic E-state index is -1.49. The first kappa shape index (κ1) is 14.4. The van der Waals surface area contributed by atoms with Crippen molar-refractivity contribution in [2.24, 2.45) is 0 Å². The van der Waals surface area contributed by atoms with Crippen molar-refractivity contribution in [2.45, 2.75) is 0 Å². The smallest absolute Gasteiger partial charge is 0.338 e. The highest BCUT2D eigenvalue weighted by Crippen LogP contribution is 2.31. The number of nitro benzene ring substituents is 1. The molecule has 1 N–H and O–H groups in total. The second kappa shape index (κ2) is 5.53. The van der Waals surface area contributed by atoms with Gasteiger partial charge in [0.05, 0.1) is 16.6 Å². The van der Waals surface area contributed by atoms with Crippen molar-refractivity contribution in [2.75, 3.05) is 29.5 Å². The first-order chi connectivity index (χ1) is 9.40. The van der Waals surface area contributed by atoms with Gasteiger partial charge >= 0.3 is 5.97 Å². The molecule has 0 amide bonds. The zero-order valence-electron chi connectivity index (χ0n) is 10.2. The van der Waals surface area contributed by atoms with E-state index in [9.17, 15) is 23.5 Å². The average molecular weight is 302 g/mol. The summed E-state index contributed by atoms with van der Waals surface area (Å²) >= 11 is 0. The summed E-state index contributed by atoms with van der Waals surface area (Å²) in [4.78, 5) is 22.7. The molecule has 0 atom stereocenters. The molecular weight excluding hydrogens is 291 g/mol. The molecule has 7 nitrogen and oxygen atoms in total. The second-order valence-corrected chi connectivity index (χ2v) is 5.91. The first-order valence-corrected chi connectivity index (χ1v) is 7.20. The maximum atomic E-state index is 13.5. The van der Waals surface area contributed by atoms with E-state index < -0.39 is 38.8 Å². The van der Waals surface area contributed by atoms with Gasteiger partial charge in [-0.25, -0.2) is 9.18 Å². The molecule has 0 saturated carbocycles. The third kappa shape index (κ3) is 2.77. The van der Waals surface area contributed by atoms with Crippen molar-refractivity contribution in [3.05, 3.63) is 33.6 Å². The van der Waals surface area contributed by atoms with Crippen molar-refractivity contribution < 1.29 is 23.4 Å². The maximum Gasteiger partial charge on any atom is 0.338 e. The monoisotopic (exact) mass is 302 g/mol. The molecule has 0 radical (unpaired) electrons. The Morgan fingerprint density at radius 3 is 2.50 bits per heavy atom. The number of carboxylic acids is 1. The Labute approximate surface area is 115 Å². The maximum absolute atomic E-state index is 13.5. The Balaban J connectivity index is 2.48. The molecule has 0 unspecified atom stereocenters. The molecule has 0 aromatic heterocycles. The van der Waals surface area contributed by atoms with Crippen LogP contribution in [0.4, 0.5) is 15.8 Å². The van der Waals surface area contributed by atoms with Gasteiger partial charge < -0.3 is 10.0 Å². The number of hydrogen-bond donors (Lipinski definition) is 1. The average Bonchev–Trinajstić information content (AvgIpc) is 2.39. The molecule has 20 heavy (non-hydrogen) atoms. The number of benzene rings is 1. The lowest BCUT2D eigenvalue weighted by Crippen LogP contribution is -2.38. The summed E-state index contributed by atoms with van der Waals surface area (Å²) in [6.45, 7) is 0.607. The van der Waals surface area contributed by atoms with E-state index in [1.165, 1.54) is 0 Å². The number of rotatable bonds is 3. The summed E-state index contributed by atoms with van der Waals surface area (Å²) in [5.41, 5.74) is -1.05. The lowest BCUT2D eigenvalue weighted by Gasteiger charge is -2.28. The Kier molecular flexibility index (Phi) is 3.98. The van der Waals surface area contributed by atoms with Crippen LogP contribution in [0.3, 0.4) is 0 Å². The number of carbonyl (C=O) groups is 1. The third-order valence-corrected chi connectivity index (χ3v) is 4.29. The van der Waals surface area contributed by atoms with Gasteiger partial charge in [0.2, 0.25) is 0 Å². The van der Waals surface area contributed by atoms with Crippen LogP contribution in [0.25, 0.3) is 0 Å². The molecule has 1 aliphatic rings. The number of anilines is 1. The third-order valence-electron chi connectivity index (χ3n) is 3.01. The number of nitrogens with zero attached hydrogens (tertiary/aromatic N) is 2. The van der Waals surface area contributed by atoms with E-state index in [-0.39, 0.29) is 5.69 Å². The van der Waals surface area contributed by atoms with Crippen LogP contribution in [-0.2, 0) is 10.8 Å². The molecule has 108 valence electrons. The minimum Gasteiger partial charge on any atom is -0.478 e. The predicted molar refractivity (Wildman–Crippen MR) is 70.1 cm³/mol. The zero-order chi connectivity index (χ0) is 14.9. The minimum absolute atomic E-state index is 0.0468. The van der Waals surface area contributed by atoms with Crippen molar-refractivity contribution in [3.8, 4) is 0 Å². The highest BCUT2D eigenvalue weighted by molar-refractivity contribution is 7.85. The van der Waals surface area contributed by atoms with E-state index >= 15 is 0 Å². The number of halogens is 1. The largest absolute Gasteiger partial charge is 0.478 e. The molecule has 2 rings (SSSR count). The summed E-state index contributed by atoms with van der Waals surface area (Å²) in [7, 11) is -0.972. The van der Waals surface area contributed by atoms with Gasteiger partial charge in [-0.05, 0) is 6.07 Å². The standard InChI is InChI=1S/C11H11FN2O5S/c12-8-6-10(14(17)18)9(5-7(8)11(15)16)13-1-3-20(19)4-2-13/h5-6H,1-4H2,(H,15,16). The molecule has 1 aromatic carbocycles. The fourth-order valence-electron chi connectivity index (χ4n) is 1.99. The number of nitro groups is 1. The van der Waals surface area contributed by atoms with Gasteiger partial charge in [0.1, 0.15) is 11.5 Å². The fraction of sp³-hybridized carbons (Fsp3) is 0.364. The van der Waals surface area contributed by atoms with E-state index in [0.29, 0.717) is 30.7 Å². The Hall–Kier alpha value is -2.03. The van der Waals surface area contributed by atoms with Gasteiger partial charge in [0.15, 0.2) is 0 Å². The van der Waals surface area contributed by atoms with Crippen molar-refractivity contribution in [1.29, 1.82) is 0 Å². The molecule has 1 aromatic rings. The molecule has 1 aliphatic heterocycles. The van der Waals surface area contributed by atoms with Gasteiger partial charge in [-0.3, -0.25) is 14.3 Å². The highest BCUT2D eigenvalue weighted by atomic mass is 32.2. The van der Waals surface area contributed by atoms with E-state index in [1.54, 1.807) is 4.90 Å². The lowest BCUT2D eigenvalue weighted by molar-refractivity contribution is -0.384. The highest BCUT2D eigenvalue weighted by Gasteiger charge is 2.27. The van der Waals surface area contributed by atoms with E-state index in [4.69, 9.17) is 5.11 Å². The normalized spacial score (nSPS) is 16.1. The van der Waals surface area contributed by atoms with Crippen molar-refractivity contribution in [3.63, 3.8) is 0 Å². The SMILES string of the molecule is O=C(O)c1cc(N2CCS(=O)CC2)c([N+](=O)[O-])cc1F. The van der Waals surface area contributed by atoms with Crippen molar-refractivity contribution >= 4 is 28.1 Å². The van der Waals surface area contributed by atoms with Gasteiger partial charge in [0.25, 0.3) is 5.69 Å². The Bertz CT molecular complexity index is 597. The number of hydrogen-bond acceptors (Lipinski definition) is 5. The van der Waals surface area contributed by atoms with E-state index in [2.05, 4.69) is 0 Å². The summed E-state index contributed by atoms with van der Waals surface area (Å²) in [5.74, 6) is -1.94. The lowest BCUT2D eigenvalue weighted by atomic mass is 10.1. The van der Waals surface area contributed by atoms with Gasteiger partial charge in [-0.1, -0.05) is 0 Å². The first-order valence-electron chi connectivity index (χ1n) is 5.71. The van der Waals surface area contributed by atoms with Gasteiger partial charge in [0, 0.05) is 35.4 Å². The van der Waals surface area contributed by atoms with Crippen LogP contribution in [-0.4, -0.2) is 44.8 Å². The summed E-state index contributed by atoms with van der Waals surface area (Å²) in [6, 6.07) is 1.58. The molecule has 1 saturated heterocycles. The molecule has 0 spiro atoms. The van der Waals surface area contributed by atoms with Crippen LogP contribution in [0.1, 0.15) is 10.4 Å². The van der Waals surface area contributed by atoms with Crippen LogP contribution in [0.5, 0.6) is 0 Å². The topological polar surface area (TPSA) is 101 Å². The summed E-state index contributed by atoms with van der Waals surface area (Å²) in [6.07, 6.45) is 0. The van der Waals surface area contributed by atoms with Crippen LogP contribution >= 0.6 is 0 Å². The summed E-state index contributed by atoms with van der Waals surface area (Å²) in [5, 5.41) is 19.8. The predicted octanol–water partition coefficient (Wildman–Crippen LogP) is 1.00. The van der Waals surface area contributed by atoms with Gasteiger partial charge in [-0.2, -0.15) is 0 Å². The van der Waals surface area contributed by atoms with Crippen LogP contribution < -0.4 is 4.90 Å². The summed E-state index contributed by atoms with van der Waals surface area (Å²) < 4.78 is 24.8. The molecular formula is C11H11FN2O5S. The number of carboxylic acid groups (broad SMARTS) is 1. The van der Waals surface area contributed by atoms with Crippen molar-refractivity contribution in [1.82, 2.24) is 0 Å². The van der Waals surface area contributed by atoms with E-state index in [1.807, 2.05) is 0 Å². The van der Waals surface area contributed by atoms with Gasteiger partial charge in [-0.15, -0.1) is 0 Å². The quantitative estimate of drug-likeness (QED) is 0.660. The molecule has 9 heteroatoms. The van der Waals surface area contributed by atoms with Crippen LogP contribution in [0, 0.1) is 15.9 Å². The molecule has 0 aliphatic carbocycles. The molecule has 0 bridgehead atoms. The Morgan fingerprint density at radius 1 is 1.40 bits per heavy atom. The Morgan fingerprint density at radius 2 is 2.00 bits per heavy atom. The van der Waals surface area contributed by atoms with Crippen LogP contribution in [0.15, 0.2) is 12.1 Å². The molecule has 1 fully saturated rings.